The first kappa shape index (κ1) is 17.0. The van der Waals surface area contributed by atoms with Gasteiger partial charge in [-0.1, -0.05) is 36.4 Å². The third-order valence-corrected chi connectivity index (χ3v) is 4.29. The molecule has 5 nitrogen and oxygen atoms in total. The molecule has 25 heavy (non-hydrogen) atoms. The number of benzene rings is 2. The number of amides is 1. The molecule has 0 fully saturated rings. The van der Waals surface area contributed by atoms with Crippen molar-refractivity contribution in [1.29, 1.82) is 0 Å². The topological polar surface area (TPSA) is 66.8 Å². The second kappa shape index (κ2) is 6.93. The molecule has 2 aromatic carbocycles. The summed E-state index contributed by atoms with van der Waals surface area (Å²) in [7, 11) is 0. The molecular weight excluding hydrogens is 325 g/mol. The number of carbonyl (C=O) groups is 2. The number of fused-ring (bicyclic) bond motifs is 1. The summed E-state index contributed by atoms with van der Waals surface area (Å²) in [6.07, 6.45) is -0.429. The summed E-state index contributed by atoms with van der Waals surface area (Å²) < 4.78 is 19.1. The van der Waals surface area contributed by atoms with Crippen LogP contribution in [-0.4, -0.2) is 34.5 Å². The summed E-state index contributed by atoms with van der Waals surface area (Å²) in [4.78, 5) is 25.8. The van der Waals surface area contributed by atoms with Gasteiger partial charge in [-0.2, -0.15) is 0 Å². The first-order chi connectivity index (χ1) is 12.0. The average molecular weight is 343 g/mol. The lowest BCUT2D eigenvalue weighted by Gasteiger charge is -2.36. The van der Waals surface area contributed by atoms with Gasteiger partial charge in [0.15, 0.2) is 23.7 Å². The quantitative estimate of drug-likeness (QED) is 0.927. The molecule has 1 heterocycles. The fourth-order valence-electron chi connectivity index (χ4n) is 3.08. The van der Waals surface area contributed by atoms with E-state index in [1.54, 1.807) is 18.2 Å². The van der Waals surface area contributed by atoms with E-state index in [1.165, 1.54) is 30.0 Å². The van der Waals surface area contributed by atoms with Crippen LogP contribution < -0.4 is 4.74 Å². The number of para-hydroxylation sites is 1. The number of aliphatic carboxylic acids is 1. The summed E-state index contributed by atoms with van der Waals surface area (Å²) >= 11 is 0. The summed E-state index contributed by atoms with van der Waals surface area (Å²) in [5, 5.41) is 9.63. The molecule has 0 radical (unpaired) electrons. The second-order valence-corrected chi connectivity index (χ2v) is 5.91. The van der Waals surface area contributed by atoms with Crippen molar-refractivity contribution in [3.63, 3.8) is 0 Å². The Morgan fingerprint density at radius 3 is 2.60 bits per heavy atom. The van der Waals surface area contributed by atoms with Crippen LogP contribution >= 0.6 is 0 Å². The Morgan fingerprint density at radius 2 is 1.88 bits per heavy atom. The molecule has 1 aliphatic heterocycles. The maximum Gasteiger partial charge on any atom is 0.331 e. The van der Waals surface area contributed by atoms with Gasteiger partial charge in [-0.05, 0) is 36.6 Å². The molecule has 2 aromatic rings. The van der Waals surface area contributed by atoms with Gasteiger partial charge in [-0.15, -0.1) is 0 Å². The van der Waals surface area contributed by atoms with Crippen LogP contribution in [0, 0.1) is 5.82 Å². The van der Waals surface area contributed by atoms with E-state index in [-0.39, 0.29) is 12.3 Å². The number of ether oxygens (including phenoxy) is 1. The molecule has 0 saturated heterocycles. The van der Waals surface area contributed by atoms with Crippen molar-refractivity contribution >= 4 is 11.9 Å². The Bertz CT molecular complexity index is 808. The van der Waals surface area contributed by atoms with Crippen molar-refractivity contribution in [3.05, 3.63) is 65.5 Å². The molecule has 2 unspecified atom stereocenters. The summed E-state index contributed by atoms with van der Waals surface area (Å²) in [5.74, 6) is -2.18. The third kappa shape index (κ3) is 3.33. The lowest BCUT2D eigenvalue weighted by atomic mass is 9.92. The largest absolute Gasteiger partial charge is 0.479 e. The van der Waals surface area contributed by atoms with Gasteiger partial charge in [0.05, 0.1) is 0 Å². The lowest BCUT2D eigenvalue weighted by Crippen LogP contribution is -2.48. The number of halogens is 1. The Kier molecular flexibility index (Phi) is 4.70. The maximum absolute atomic E-state index is 13.7. The highest BCUT2D eigenvalue weighted by atomic mass is 19.1. The molecule has 1 aliphatic rings. The van der Waals surface area contributed by atoms with E-state index in [9.17, 15) is 19.1 Å². The zero-order chi connectivity index (χ0) is 18.0. The van der Waals surface area contributed by atoms with Crippen LogP contribution in [0.2, 0.25) is 0 Å². The van der Waals surface area contributed by atoms with Crippen LogP contribution in [0.4, 0.5) is 4.39 Å². The first-order valence-corrected chi connectivity index (χ1v) is 8.01. The van der Waals surface area contributed by atoms with Crippen LogP contribution in [0.15, 0.2) is 48.5 Å². The predicted molar refractivity (Wildman–Crippen MR) is 88.7 cm³/mol. The Balaban J connectivity index is 1.83. The number of carboxylic acid groups (broad SMARTS) is 1. The maximum atomic E-state index is 13.7. The summed E-state index contributed by atoms with van der Waals surface area (Å²) in [5.41, 5.74) is 1.52. The van der Waals surface area contributed by atoms with Crippen molar-refractivity contribution < 1.29 is 23.8 Å². The number of hydrogen-bond acceptors (Lipinski definition) is 3. The van der Waals surface area contributed by atoms with E-state index >= 15 is 0 Å². The molecule has 0 aliphatic carbocycles. The Morgan fingerprint density at radius 1 is 1.20 bits per heavy atom. The van der Waals surface area contributed by atoms with Gasteiger partial charge in [0, 0.05) is 6.54 Å². The van der Waals surface area contributed by atoms with Gasteiger partial charge in [0.25, 0.3) is 5.91 Å². The van der Waals surface area contributed by atoms with E-state index in [1.807, 2.05) is 12.1 Å². The molecule has 130 valence electrons. The van der Waals surface area contributed by atoms with Crippen molar-refractivity contribution in [2.45, 2.75) is 25.5 Å². The highest BCUT2D eigenvalue weighted by Gasteiger charge is 2.38. The Labute approximate surface area is 144 Å². The van der Waals surface area contributed by atoms with Gasteiger partial charge in [-0.25, -0.2) is 9.18 Å². The second-order valence-electron chi connectivity index (χ2n) is 5.91. The average Bonchev–Trinajstić information content (AvgIpc) is 2.61. The van der Waals surface area contributed by atoms with Crippen LogP contribution in [-0.2, 0) is 16.0 Å². The minimum atomic E-state index is -1.10. The number of rotatable bonds is 4. The summed E-state index contributed by atoms with van der Waals surface area (Å²) in [6, 6.07) is 11.9. The van der Waals surface area contributed by atoms with Crippen LogP contribution in [0.1, 0.15) is 24.1 Å². The van der Waals surface area contributed by atoms with E-state index in [0.29, 0.717) is 12.0 Å². The molecule has 0 saturated carbocycles. The molecule has 1 N–H and O–H groups in total. The highest BCUT2D eigenvalue weighted by Crippen LogP contribution is 2.31. The standard InChI is InChI=1S/C19H18FNO4/c1-12(25-16-9-5-4-8-15(16)20)18(22)21-11-10-13-6-2-3-7-14(13)17(21)19(23)24/h2-9,12,17H,10-11H2,1H3,(H,23,24). The van der Waals surface area contributed by atoms with Crippen molar-refractivity contribution in [3.8, 4) is 5.75 Å². The third-order valence-electron chi connectivity index (χ3n) is 4.29. The van der Waals surface area contributed by atoms with Crippen LogP contribution in [0.3, 0.4) is 0 Å². The zero-order valence-electron chi connectivity index (χ0n) is 13.7. The van der Waals surface area contributed by atoms with Crippen LogP contribution in [0.5, 0.6) is 5.75 Å². The normalized spacial score (nSPS) is 17.5. The molecule has 1 amide bonds. The molecule has 6 heteroatoms. The molecule has 0 aromatic heterocycles. The van der Waals surface area contributed by atoms with E-state index in [2.05, 4.69) is 0 Å². The molecule has 2 atom stereocenters. The number of carbonyl (C=O) groups excluding carboxylic acids is 1. The van der Waals surface area contributed by atoms with Gasteiger partial charge < -0.3 is 14.7 Å². The van der Waals surface area contributed by atoms with Crippen molar-refractivity contribution in [1.82, 2.24) is 4.90 Å². The lowest BCUT2D eigenvalue weighted by molar-refractivity contribution is -0.154. The Hall–Kier alpha value is -2.89. The molecule has 0 spiro atoms. The smallest absolute Gasteiger partial charge is 0.331 e. The zero-order valence-corrected chi connectivity index (χ0v) is 13.7. The van der Waals surface area contributed by atoms with Gasteiger partial charge in [0.1, 0.15) is 0 Å². The van der Waals surface area contributed by atoms with E-state index in [0.717, 1.165) is 5.56 Å². The van der Waals surface area contributed by atoms with Crippen LogP contribution in [0.25, 0.3) is 0 Å². The predicted octanol–water partition coefficient (Wildman–Crippen LogP) is 2.80. The SMILES string of the molecule is CC(Oc1ccccc1F)C(=O)N1CCc2ccccc2C1C(=O)O. The van der Waals surface area contributed by atoms with Gasteiger partial charge in [-0.3, -0.25) is 4.79 Å². The minimum absolute atomic E-state index is 0.0346. The first-order valence-electron chi connectivity index (χ1n) is 8.01. The number of carboxylic acids is 1. The highest BCUT2D eigenvalue weighted by molar-refractivity contribution is 5.88. The number of nitrogens with zero attached hydrogens (tertiary/aromatic N) is 1. The summed E-state index contributed by atoms with van der Waals surface area (Å²) in [6.45, 7) is 1.77. The van der Waals surface area contributed by atoms with Gasteiger partial charge >= 0.3 is 5.97 Å². The van der Waals surface area contributed by atoms with Crippen molar-refractivity contribution in [2.24, 2.45) is 0 Å². The monoisotopic (exact) mass is 343 g/mol. The minimum Gasteiger partial charge on any atom is -0.479 e. The fourth-order valence-corrected chi connectivity index (χ4v) is 3.08. The number of hydrogen-bond donors (Lipinski definition) is 1. The fraction of sp³-hybridized carbons (Fsp3) is 0.263. The van der Waals surface area contributed by atoms with Gasteiger partial charge in [0.2, 0.25) is 0 Å². The molecule has 0 bridgehead atoms. The van der Waals surface area contributed by atoms with Crippen molar-refractivity contribution in [2.75, 3.05) is 6.54 Å². The molecule has 3 rings (SSSR count). The molecular formula is C19H18FNO4. The van der Waals surface area contributed by atoms with E-state index < -0.39 is 29.8 Å². The van der Waals surface area contributed by atoms with E-state index in [4.69, 9.17) is 4.74 Å².